The van der Waals surface area contributed by atoms with Gasteiger partial charge in [0.1, 0.15) is 17.7 Å². The molecule has 1 heterocycles. The van der Waals surface area contributed by atoms with Crippen LogP contribution in [-0.2, 0) is 29.1 Å². The molecule has 11 heteroatoms. The van der Waals surface area contributed by atoms with Crippen LogP contribution in [0, 0.1) is 23.6 Å². The lowest BCUT2D eigenvalue weighted by atomic mass is 9.78. The first kappa shape index (κ1) is 32.4. The standard InChI is InChI=1S/C33H33FN2O7S/c1-22(37)42-29-17-11-26(12-18-29)32-30(19-20-31(43-23(2)38)25-9-13-27(34)14-10-25)33(39)36(32)28-15-7-24(8-16-28)6-5-21-35(3)44(4,40)41/h7-18,30-32H,19-21H2,1-4H3/t30?,31-,32-/m1/s1. The van der Waals surface area contributed by atoms with Gasteiger partial charge in [-0.05, 0) is 72.5 Å². The first-order valence-electron chi connectivity index (χ1n) is 13.9. The van der Waals surface area contributed by atoms with E-state index in [9.17, 15) is 27.2 Å². The van der Waals surface area contributed by atoms with Gasteiger partial charge in [-0.15, -0.1) is 0 Å². The smallest absolute Gasteiger partial charge is 0.308 e. The molecular formula is C33H33FN2O7S. The van der Waals surface area contributed by atoms with E-state index in [-0.39, 0.29) is 18.5 Å². The van der Waals surface area contributed by atoms with Crippen molar-refractivity contribution < 1.29 is 36.7 Å². The predicted molar refractivity (Wildman–Crippen MR) is 162 cm³/mol. The van der Waals surface area contributed by atoms with Crippen LogP contribution in [0.4, 0.5) is 10.1 Å². The van der Waals surface area contributed by atoms with E-state index in [1.807, 2.05) is 0 Å². The lowest BCUT2D eigenvalue weighted by molar-refractivity contribution is -0.147. The van der Waals surface area contributed by atoms with E-state index in [0.717, 1.165) is 16.1 Å². The molecule has 0 spiro atoms. The molecule has 0 bridgehead atoms. The minimum absolute atomic E-state index is 0.0462. The molecular weight excluding hydrogens is 587 g/mol. The molecule has 4 rings (SSSR count). The third-order valence-corrected chi connectivity index (χ3v) is 8.49. The third-order valence-electron chi connectivity index (χ3n) is 7.23. The van der Waals surface area contributed by atoms with Gasteiger partial charge in [0.2, 0.25) is 15.9 Å². The number of benzene rings is 3. The molecule has 9 nitrogen and oxygen atoms in total. The van der Waals surface area contributed by atoms with Crippen LogP contribution in [0.2, 0.25) is 0 Å². The zero-order chi connectivity index (χ0) is 32.0. The van der Waals surface area contributed by atoms with Crippen molar-refractivity contribution in [1.82, 2.24) is 4.31 Å². The monoisotopic (exact) mass is 620 g/mol. The molecule has 44 heavy (non-hydrogen) atoms. The van der Waals surface area contributed by atoms with Gasteiger partial charge in [0.15, 0.2) is 0 Å². The highest BCUT2D eigenvalue weighted by molar-refractivity contribution is 7.88. The van der Waals surface area contributed by atoms with Gasteiger partial charge in [0, 0.05) is 32.1 Å². The maximum Gasteiger partial charge on any atom is 0.308 e. The summed E-state index contributed by atoms with van der Waals surface area (Å²) in [4.78, 5) is 38.5. The summed E-state index contributed by atoms with van der Waals surface area (Å²) in [7, 11) is -1.88. The number of rotatable bonds is 10. The van der Waals surface area contributed by atoms with E-state index in [1.165, 1.54) is 33.0 Å². The lowest BCUT2D eigenvalue weighted by Gasteiger charge is -2.48. The highest BCUT2D eigenvalue weighted by atomic mass is 32.2. The van der Waals surface area contributed by atoms with Gasteiger partial charge in [-0.25, -0.2) is 12.8 Å². The fourth-order valence-corrected chi connectivity index (χ4v) is 5.28. The van der Waals surface area contributed by atoms with E-state index < -0.39 is 39.8 Å². The van der Waals surface area contributed by atoms with Gasteiger partial charge in [-0.1, -0.05) is 36.1 Å². The van der Waals surface area contributed by atoms with Crippen LogP contribution in [0.1, 0.15) is 55.5 Å². The van der Waals surface area contributed by atoms with Gasteiger partial charge < -0.3 is 14.4 Å². The van der Waals surface area contributed by atoms with Crippen molar-refractivity contribution in [2.75, 3.05) is 24.7 Å². The van der Waals surface area contributed by atoms with Crippen LogP contribution in [0.25, 0.3) is 0 Å². The first-order chi connectivity index (χ1) is 20.8. The van der Waals surface area contributed by atoms with Crippen LogP contribution in [0.15, 0.2) is 72.8 Å². The summed E-state index contributed by atoms with van der Waals surface area (Å²) in [6.07, 6.45) is 1.19. The number of carbonyl (C=O) groups is 3. The lowest BCUT2D eigenvalue weighted by Crippen LogP contribution is -2.55. The molecule has 3 aromatic carbocycles. The summed E-state index contributed by atoms with van der Waals surface area (Å²) < 4.78 is 48.5. The zero-order valence-electron chi connectivity index (χ0n) is 24.8. The van der Waals surface area contributed by atoms with Crippen LogP contribution in [0.3, 0.4) is 0 Å². The summed E-state index contributed by atoms with van der Waals surface area (Å²) in [6, 6.07) is 19.4. The Bertz CT molecular complexity index is 1680. The van der Waals surface area contributed by atoms with Crippen LogP contribution >= 0.6 is 0 Å². The second-order valence-electron chi connectivity index (χ2n) is 10.5. The van der Waals surface area contributed by atoms with Crippen LogP contribution < -0.4 is 9.64 Å². The summed E-state index contributed by atoms with van der Waals surface area (Å²) in [5.74, 6) is 4.25. The molecule has 3 atom stereocenters. The van der Waals surface area contributed by atoms with Gasteiger partial charge in [-0.2, -0.15) is 4.31 Å². The Morgan fingerprint density at radius 1 is 0.977 bits per heavy atom. The molecule has 1 fully saturated rings. The number of carbonyl (C=O) groups excluding carboxylic acids is 3. The van der Waals surface area contributed by atoms with E-state index in [4.69, 9.17) is 9.47 Å². The number of β-lactam (4-membered cyclic amide) rings is 1. The van der Waals surface area contributed by atoms with E-state index in [2.05, 4.69) is 11.8 Å². The van der Waals surface area contributed by atoms with Gasteiger partial charge >= 0.3 is 11.9 Å². The maximum atomic E-state index is 13.6. The predicted octanol–water partition coefficient (Wildman–Crippen LogP) is 4.78. The Labute approximate surface area is 256 Å². The molecule has 0 N–H and O–H groups in total. The first-order valence-corrected chi connectivity index (χ1v) is 15.7. The minimum atomic E-state index is -3.34. The SMILES string of the molecule is CC(=O)Oc1ccc([C@@H]2C(CC[C@@H](OC(C)=O)c3ccc(F)cc3)C(=O)N2c2ccc(C#CCN(C)S(C)(=O)=O)cc2)cc1. The Morgan fingerprint density at radius 2 is 1.61 bits per heavy atom. The van der Waals surface area contributed by atoms with E-state index in [0.29, 0.717) is 35.4 Å². The molecule has 1 aliphatic rings. The van der Waals surface area contributed by atoms with Crippen molar-refractivity contribution in [1.29, 1.82) is 0 Å². The number of hydrogen-bond acceptors (Lipinski definition) is 7. The van der Waals surface area contributed by atoms with Crippen molar-refractivity contribution in [3.8, 4) is 17.6 Å². The fourth-order valence-electron chi connectivity index (χ4n) is 4.98. The van der Waals surface area contributed by atoms with Gasteiger partial charge in [0.25, 0.3) is 0 Å². The second kappa shape index (κ2) is 13.8. The Morgan fingerprint density at radius 3 is 2.18 bits per heavy atom. The highest BCUT2D eigenvalue weighted by Crippen LogP contribution is 2.46. The minimum Gasteiger partial charge on any atom is -0.458 e. The Kier molecular flexibility index (Phi) is 10.2. The van der Waals surface area contributed by atoms with E-state index in [1.54, 1.807) is 65.6 Å². The zero-order valence-corrected chi connectivity index (χ0v) is 25.6. The topological polar surface area (TPSA) is 110 Å². The summed E-state index contributed by atoms with van der Waals surface area (Å²) in [5, 5.41) is 0. The number of ether oxygens (including phenoxy) is 2. The summed E-state index contributed by atoms with van der Waals surface area (Å²) >= 11 is 0. The van der Waals surface area contributed by atoms with Crippen LogP contribution in [-0.4, -0.2) is 50.4 Å². The molecule has 1 unspecified atom stereocenters. The van der Waals surface area contributed by atoms with Gasteiger partial charge in [-0.3, -0.25) is 14.4 Å². The van der Waals surface area contributed by atoms with Crippen molar-refractivity contribution >= 4 is 33.6 Å². The Balaban J connectivity index is 1.57. The molecule has 0 radical (unpaired) electrons. The molecule has 0 aliphatic carbocycles. The average molecular weight is 621 g/mol. The fraction of sp³-hybridized carbons (Fsp3) is 0.303. The quantitative estimate of drug-likeness (QED) is 0.139. The molecule has 0 saturated carbocycles. The summed E-state index contributed by atoms with van der Waals surface area (Å²) in [5.41, 5.74) is 2.76. The summed E-state index contributed by atoms with van der Waals surface area (Å²) in [6.45, 7) is 2.66. The molecule has 230 valence electrons. The van der Waals surface area contributed by atoms with Gasteiger partial charge in [0.05, 0.1) is 24.8 Å². The average Bonchev–Trinajstić information content (AvgIpc) is 2.96. The van der Waals surface area contributed by atoms with Crippen molar-refractivity contribution in [3.05, 3.63) is 95.3 Å². The number of sulfonamides is 1. The number of esters is 2. The Hall–Kier alpha value is -4.53. The molecule has 1 saturated heterocycles. The number of anilines is 1. The largest absolute Gasteiger partial charge is 0.458 e. The van der Waals surface area contributed by atoms with Crippen molar-refractivity contribution in [2.45, 2.75) is 38.8 Å². The number of hydrogen-bond donors (Lipinski definition) is 0. The normalized spacial score (nSPS) is 16.9. The number of nitrogens with zero attached hydrogens (tertiary/aromatic N) is 2. The van der Waals surface area contributed by atoms with Crippen LogP contribution in [0.5, 0.6) is 5.75 Å². The van der Waals surface area contributed by atoms with Crippen molar-refractivity contribution in [2.24, 2.45) is 5.92 Å². The molecule has 3 aromatic rings. The molecule has 1 amide bonds. The van der Waals surface area contributed by atoms with E-state index >= 15 is 0 Å². The maximum absolute atomic E-state index is 13.6. The molecule has 0 aromatic heterocycles. The third kappa shape index (κ3) is 8.09. The number of amides is 1. The van der Waals surface area contributed by atoms with Crippen molar-refractivity contribution in [3.63, 3.8) is 0 Å². The molecule has 1 aliphatic heterocycles. The number of halogens is 1. The highest BCUT2D eigenvalue weighted by Gasteiger charge is 2.48. The second-order valence-corrected chi connectivity index (χ2v) is 12.6.